The first-order valence-electron chi connectivity index (χ1n) is 17.8. The number of carbonyl (C=O) groups is 7. The summed E-state index contributed by atoms with van der Waals surface area (Å²) in [6.45, 7) is 5.22. The van der Waals surface area contributed by atoms with Crippen LogP contribution in [0, 0.1) is 5.92 Å². The summed E-state index contributed by atoms with van der Waals surface area (Å²) in [4.78, 5) is 92.5. The van der Waals surface area contributed by atoms with Gasteiger partial charge in [-0.2, -0.15) is 5.06 Å². The predicted octanol–water partition coefficient (Wildman–Crippen LogP) is 4.67. The van der Waals surface area contributed by atoms with Crippen molar-refractivity contribution in [1.29, 1.82) is 0 Å². The molecular formula is C38H45ClN4O13. The Hall–Kier alpha value is -6.10. The molecule has 0 saturated heterocycles. The van der Waals surface area contributed by atoms with E-state index in [0.717, 1.165) is 17.9 Å². The average Bonchev–Trinajstić information content (AvgIpc) is 3.67. The molecule has 3 atom stereocenters. The van der Waals surface area contributed by atoms with Gasteiger partial charge in [0.1, 0.15) is 23.3 Å². The van der Waals surface area contributed by atoms with Crippen LogP contribution in [0.15, 0.2) is 52.9 Å². The van der Waals surface area contributed by atoms with E-state index in [2.05, 4.69) is 16.0 Å². The topological polar surface area (TPSA) is 240 Å². The number of unbranched alkanes of at least 4 members (excludes halogenated alkanes) is 2. The Morgan fingerprint density at radius 2 is 1.66 bits per heavy atom. The highest BCUT2D eigenvalue weighted by Crippen LogP contribution is 2.30. The summed E-state index contributed by atoms with van der Waals surface area (Å²) < 4.78 is 16.4. The highest BCUT2D eigenvalue weighted by atomic mass is 35.5. The van der Waals surface area contributed by atoms with E-state index < -0.39 is 60.1 Å². The van der Waals surface area contributed by atoms with E-state index in [9.17, 15) is 38.7 Å². The number of carbonyl (C=O) groups excluding carboxylic acids is 5. The lowest BCUT2D eigenvalue weighted by molar-refractivity contribution is -0.171. The molecule has 56 heavy (non-hydrogen) atoms. The number of rotatable bonds is 23. The quantitative estimate of drug-likeness (QED) is 0.0380. The molecule has 1 aromatic heterocycles. The Bertz CT molecular complexity index is 1880. The molecule has 0 fully saturated rings. The van der Waals surface area contributed by atoms with Gasteiger partial charge in [-0.25, -0.2) is 9.59 Å². The minimum absolute atomic E-state index is 0.00950. The van der Waals surface area contributed by atoms with Crippen LogP contribution in [0.5, 0.6) is 11.5 Å². The van der Waals surface area contributed by atoms with Crippen molar-refractivity contribution in [3.05, 3.63) is 70.4 Å². The first-order chi connectivity index (χ1) is 26.8. The third-order valence-electron chi connectivity index (χ3n) is 8.49. The van der Waals surface area contributed by atoms with Gasteiger partial charge in [-0.1, -0.05) is 50.8 Å². The fraction of sp³-hybridized carbons (Fsp3) is 0.395. The van der Waals surface area contributed by atoms with Crippen LogP contribution in [-0.4, -0.2) is 89.8 Å². The second-order valence-electron chi connectivity index (χ2n) is 12.3. The van der Waals surface area contributed by atoms with Crippen molar-refractivity contribution < 1.29 is 62.5 Å². The zero-order chi connectivity index (χ0) is 41.4. The molecule has 4 amide bonds. The van der Waals surface area contributed by atoms with Crippen LogP contribution in [0.3, 0.4) is 0 Å². The predicted molar refractivity (Wildman–Crippen MR) is 200 cm³/mol. The number of halogens is 1. The van der Waals surface area contributed by atoms with Gasteiger partial charge < -0.3 is 44.9 Å². The Balaban J connectivity index is 1.70. The second kappa shape index (κ2) is 21.7. The highest BCUT2D eigenvalue weighted by molar-refractivity contribution is 6.33. The van der Waals surface area contributed by atoms with E-state index in [1.54, 1.807) is 13.8 Å². The summed E-state index contributed by atoms with van der Waals surface area (Å²) in [6, 6.07) is 8.95. The lowest BCUT2D eigenvalue weighted by Crippen LogP contribution is -2.49. The Morgan fingerprint density at radius 3 is 2.27 bits per heavy atom. The number of ether oxygens (including phenoxy) is 2. The van der Waals surface area contributed by atoms with Crippen LogP contribution in [0.4, 0.5) is 0 Å². The molecule has 18 heteroatoms. The van der Waals surface area contributed by atoms with E-state index in [1.807, 2.05) is 6.92 Å². The van der Waals surface area contributed by atoms with Crippen molar-refractivity contribution >= 4 is 53.6 Å². The smallest absolute Gasteiger partial charge is 0.364 e. The number of furan rings is 1. The minimum Gasteiger partial charge on any atom is -0.497 e. The Labute approximate surface area is 327 Å². The third kappa shape index (κ3) is 12.2. The number of nitrogens with zero attached hydrogens (tertiary/aromatic N) is 1. The molecule has 0 bridgehead atoms. The normalized spacial score (nSPS) is 12.3. The maximum atomic E-state index is 13.5. The number of nitrogens with one attached hydrogen (secondary N) is 3. The van der Waals surface area contributed by atoms with Gasteiger partial charge in [0, 0.05) is 5.56 Å². The molecule has 1 heterocycles. The van der Waals surface area contributed by atoms with Gasteiger partial charge in [-0.15, -0.1) is 0 Å². The van der Waals surface area contributed by atoms with Crippen molar-refractivity contribution in [2.45, 2.75) is 71.4 Å². The molecule has 302 valence electrons. The molecule has 0 saturated carbocycles. The van der Waals surface area contributed by atoms with E-state index >= 15 is 0 Å². The second-order valence-corrected chi connectivity index (χ2v) is 12.7. The van der Waals surface area contributed by atoms with Crippen molar-refractivity contribution in [2.75, 3.05) is 20.4 Å². The Morgan fingerprint density at radius 1 is 0.929 bits per heavy atom. The summed E-state index contributed by atoms with van der Waals surface area (Å²) >= 11 is 6.23. The minimum atomic E-state index is -1.67. The van der Waals surface area contributed by atoms with Crippen LogP contribution in [0.2, 0.25) is 5.02 Å². The van der Waals surface area contributed by atoms with Gasteiger partial charge >= 0.3 is 17.9 Å². The third-order valence-corrected chi connectivity index (χ3v) is 8.80. The molecule has 0 aliphatic heterocycles. The maximum absolute atomic E-state index is 13.5. The van der Waals surface area contributed by atoms with Crippen molar-refractivity contribution in [3.63, 3.8) is 0 Å². The molecule has 5 N–H and O–H groups in total. The number of methoxy groups -OCH3 is 1. The van der Waals surface area contributed by atoms with Crippen LogP contribution in [0.25, 0.3) is 11.3 Å². The number of hydrogen-bond donors (Lipinski definition) is 5. The molecule has 0 aliphatic carbocycles. The van der Waals surface area contributed by atoms with Gasteiger partial charge in [0.25, 0.3) is 11.8 Å². The van der Waals surface area contributed by atoms with Gasteiger partial charge in [0.2, 0.25) is 12.3 Å². The summed E-state index contributed by atoms with van der Waals surface area (Å²) in [5.74, 6) is -6.13. The van der Waals surface area contributed by atoms with E-state index in [0.29, 0.717) is 30.6 Å². The molecule has 3 rings (SSSR count). The number of hydroxylamine groups is 2. The van der Waals surface area contributed by atoms with Crippen LogP contribution < -0.4 is 25.4 Å². The number of carboxylic acids is 2. The number of carboxylic acid groups (broad SMARTS) is 2. The van der Waals surface area contributed by atoms with Crippen molar-refractivity contribution in [3.8, 4) is 22.8 Å². The summed E-state index contributed by atoms with van der Waals surface area (Å²) in [7, 11) is 1.44. The van der Waals surface area contributed by atoms with E-state index in [-0.39, 0.29) is 53.1 Å². The highest BCUT2D eigenvalue weighted by Gasteiger charge is 2.34. The molecule has 3 aromatic rings. The van der Waals surface area contributed by atoms with Crippen molar-refractivity contribution in [2.24, 2.45) is 5.92 Å². The molecule has 2 unspecified atom stereocenters. The van der Waals surface area contributed by atoms with Crippen LogP contribution in [0.1, 0.15) is 90.6 Å². The molecule has 0 aliphatic rings. The number of benzene rings is 2. The van der Waals surface area contributed by atoms with Gasteiger partial charge in [0.05, 0.1) is 54.9 Å². The van der Waals surface area contributed by atoms with E-state index in [1.165, 1.54) is 55.6 Å². The van der Waals surface area contributed by atoms with E-state index in [4.69, 9.17) is 35.4 Å². The monoisotopic (exact) mass is 800 g/mol. The maximum Gasteiger partial charge on any atom is 0.364 e. The number of aliphatic carboxylic acids is 2. The standard InChI is InChI=1S/C38H45ClN4O13/c1-5-8-9-10-25(29(6-2)43(21-44)56-38(52)24-14-12-23(53-4)18-27(24)39)34(47)40-20-41-36(49)31-16-15-30(55-31)22-11-13-26(32(17-22)54-7-3)35(48)42-28(37(50)51)19-33(45)46/h11-18,21,25,28-29H,5-10,19-20H2,1-4H3,(H,40,47)(H,41,49)(H,42,48)(H,45,46)(H,50,51)/t25?,28?,29-/m1/s1. The first-order valence-corrected chi connectivity index (χ1v) is 18.1. The van der Waals surface area contributed by atoms with Gasteiger partial charge in [-0.05, 0) is 62.2 Å². The lowest BCUT2D eigenvalue weighted by Gasteiger charge is -2.31. The summed E-state index contributed by atoms with van der Waals surface area (Å²) in [5.41, 5.74) is 0.333. The molecule has 17 nitrogen and oxygen atoms in total. The fourth-order valence-electron chi connectivity index (χ4n) is 5.65. The van der Waals surface area contributed by atoms with Gasteiger partial charge in [-0.3, -0.25) is 24.0 Å². The zero-order valence-electron chi connectivity index (χ0n) is 31.3. The lowest BCUT2D eigenvalue weighted by atomic mass is 9.90. The average molecular weight is 801 g/mol. The number of amides is 4. The largest absolute Gasteiger partial charge is 0.497 e. The zero-order valence-corrected chi connectivity index (χ0v) is 32.1. The molecular weight excluding hydrogens is 756 g/mol. The fourth-order valence-corrected chi connectivity index (χ4v) is 5.90. The summed E-state index contributed by atoms with van der Waals surface area (Å²) in [5, 5.41) is 26.5. The molecule has 0 spiro atoms. The molecule has 0 radical (unpaired) electrons. The van der Waals surface area contributed by atoms with Crippen LogP contribution in [-0.2, 0) is 24.0 Å². The first kappa shape index (κ1) is 44.3. The van der Waals surface area contributed by atoms with Crippen molar-refractivity contribution in [1.82, 2.24) is 21.0 Å². The van der Waals surface area contributed by atoms with Gasteiger partial charge in [0.15, 0.2) is 5.76 Å². The summed E-state index contributed by atoms with van der Waals surface area (Å²) in [6.07, 6.45) is 2.41. The molecule has 2 aromatic carbocycles. The van der Waals surface area contributed by atoms with Crippen LogP contribution >= 0.6 is 11.6 Å². The Kier molecular flexibility index (Phi) is 17.2. The number of hydrogen-bond acceptors (Lipinski definition) is 11. The SMILES string of the molecule is CCCCCC(C(=O)NCNC(=O)c1ccc(-c2ccc(C(=O)NC(CC(=O)O)C(=O)O)c(OCC)c2)o1)[C@@H](CC)N(C=O)OC(=O)c1ccc(OC)cc1Cl.